The van der Waals surface area contributed by atoms with Crippen LogP contribution in [-0.2, 0) is 23.7 Å². The highest BCUT2D eigenvalue weighted by Gasteiger charge is 2.68. The molecule has 3 amide bonds. The van der Waals surface area contributed by atoms with Gasteiger partial charge in [0.25, 0.3) is 0 Å². The molecule has 2 aliphatic heterocycles. The van der Waals surface area contributed by atoms with E-state index in [2.05, 4.69) is 51.0 Å². The molecule has 3 aliphatic carbocycles. The fourth-order valence-corrected chi connectivity index (χ4v) is 9.58. The molecule has 2 saturated heterocycles. The van der Waals surface area contributed by atoms with Crippen molar-refractivity contribution in [2.24, 2.45) is 28.9 Å². The summed E-state index contributed by atoms with van der Waals surface area (Å²) in [6, 6.07) is -0.521. The lowest BCUT2D eigenvalue weighted by Gasteiger charge is -2.64. The second kappa shape index (κ2) is 12.9. The molecule has 2 bridgehead atoms. The first kappa shape index (κ1) is 33.5. The molecule has 0 spiro atoms. The molecule has 0 radical (unpaired) electrons. The van der Waals surface area contributed by atoms with Crippen molar-refractivity contribution in [3.63, 3.8) is 0 Å². The molecule has 5 fully saturated rings. The molecule has 0 unspecified atom stereocenters. The Morgan fingerprint density at radius 1 is 1.10 bits per heavy atom. The van der Waals surface area contributed by atoms with E-state index in [1.165, 1.54) is 6.42 Å². The van der Waals surface area contributed by atoms with Gasteiger partial charge in [0, 0.05) is 21.0 Å². The van der Waals surface area contributed by atoms with Gasteiger partial charge in [-0.2, -0.15) is 0 Å². The van der Waals surface area contributed by atoms with E-state index in [1.807, 2.05) is 13.8 Å². The molecule has 0 aromatic carbocycles. The number of carbonyl (C=O) groups is 3. The molecule has 7 atom stereocenters. The van der Waals surface area contributed by atoms with Gasteiger partial charge in [0.2, 0.25) is 17.7 Å². The number of unbranched alkanes of at least 4 members (excludes halogenated alkanes) is 1. The van der Waals surface area contributed by atoms with Gasteiger partial charge in [0.05, 0.1) is 17.6 Å². The first-order chi connectivity index (χ1) is 19.6. The molecular formula is C31H57BN4O5Si. The zero-order chi connectivity index (χ0) is 31.0. The summed E-state index contributed by atoms with van der Waals surface area (Å²) in [4.78, 5) is 42.2. The lowest BCUT2D eigenvalue weighted by atomic mass is 9.43. The predicted molar refractivity (Wildman–Crippen MR) is 169 cm³/mol. The highest BCUT2D eigenvalue weighted by molar-refractivity contribution is 6.76. The number of nitrogens with two attached hydrogens (primary N) is 1. The second-order valence-corrected chi connectivity index (χ2v) is 21.4. The van der Waals surface area contributed by atoms with Crippen molar-refractivity contribution in [2.75, 3.05) is 13.1 Å². The normalized spacial score (nSPS) is 31.4. The smallest absolute Gasteiger partial charge is 0.404 e. The molecule has 0 aromatic rings. The maximum Gasteiger partial charge on any atom is 0.481 e. The quantitative estimate of drug-likeness (QED) is 0.218. The standard InChI is InChI=1S/C31H57BN4O5Si/c1-20(2)16-27(37)34-22(19-42(6,7)8)29(39)36-15-11-12-23(36)28(38)35-26(13-9-10-14-33)32-40-25-18-21-17-24(30(21,3)4)31(25,5)41-32/h20-26H,9-19,33H2,1-8H3,(H,34,37)(H,35,38)/t21-,22+,23-,24-,25+,26-,31-/m0/s1. The average Bonchev–Trinajstić information content (AvgIpc) is 3.50. The highest BCUT2D eigenvalue weighted by atomic mass is 28.3. The van der Waals surface area contributed by atoms with Gasteiger partial charge in [0.1, 0.15) is 12.1 Å². The summed E-state index contributed by atoms with van der Waals surface area (Å²) < 4.78 is 13.3. The fourth-order valence-electron chi connectivity index (χ4n) is 8.07. The molecule has 11 heteroatoms. The maximum atomic E-state index is 13.9. The van der Waals surface area contributed by atoms with E-state index in [0.29, 0.717) is 50.2 Å². The molecule has 4 N–H and O–H groups in total. The topological polar surface area (TPSA) is 123 Å². The molecule has 5 aliphatic rings. The third-order valence-corrected chi connectivity index (χ3v) is 12.1. The summed E-state index contributed by atoms with van der Waals surface area (Å²) in [6.07, 6.45) is 6.37. The van der Waals surface area contributed by atoms with Gasteiger partial charge in [-0.3, -0.25) is 14.4 Å². The summed E-state index contributed by atoms with van der Waals surface area (Å²) in [5, 5.41) is 6.30. The first-order valence-corrected chi connectivity index (χ1v) is 20.2. The van der Waals surface area contributed by atoms with E-state index in [1.54, 1.807) is 4.90 Å². The van der Waals surface area contributed by atoms with E-state index in [4.69, 9.17) is 15.0 Å². The molecular weight excluding hydrogens is 547 g/mol. The van der Waals surface area contributed by atoms with Crippen molar-refractivity contribution in [3.05, 3.63) is 0 Å². The summed E-state index contributed by atoms with van der Waals surface area (Å²) in [5.74, 6) is 0.586. The Morgan fingerprint density at radius 3 is 2.43 bits per heavy atom. The highest BCUT2D eigenvalue weighted by Crippen LogP contribution is 2.65. The third kappa shape index (κ3) is 7.10. The SMILES string of the molecule is CC(C)CC(=O)N[C@H](C[Si](C)(C)C)C(=O)N1CCC[C@H]1C(=O)N[C@@H](CCCCN)B1O[C@@H]2C[C@@H]3C[C@@H](C3(C)C)[C@]2(C)O1. The summed E-state index contributed by atoms with van der Waals surface area (Å²) in [7, 11) is -2.21. The van der Waals surface area contributed by atoms with Crippen LogP contribution in [0.15, 0.2) is 0 Å². The van der Waals surface area contributed by atoms with Crippen molar-refractivity contribution >= 4 is 32.9 Å². The van der Waals surface area contributed by atoms with Crippen LogP contribution in [0.4, 0.5) is 0 Å². The lowest BCUT2D eigenvalue weighted by molar-refractivity contribution is -0.199. The van der Waals surface area contributed by atoms with Gasteiger partial charge in [-0.1, -0.05) is 53.8 Å². The Morgan fingerprint density at radius 2 is 1.81 bits per heavy atom. The van der Waals surface area contributed by atoms with E-state index in [0.717, 1.165) is 25.7 Å². The van der Waals surface area contributed by atoms with E-state index < -0.39 is 27.3 Å². The zero-order valence-electron chi connectivity index (χ0n) is 27.5. The molecule has 2 heterocycles. The van der Waals surface area contributed by atoms with Gasteiger partial charge in [-0.25, -0.2) is 0 Å². The number of amides is 3. The van der Waals surface area contributed by atoms with E-state index in [9.17, 15) is 14.4 Å². The second-order valence-electron chi connectivity index (χ2n) is 15.9. The summed E-state index contributed by atoms with van der Waals surface area (Å²) >= 11 is 0. The van der Waals surface area contributed by atoms with Crippen LogP contribution in [0, 0.1) is 23.2 Å². The van der Waals surface area contributed by atoms with E-state index in [-0.39, 0.29) is 46.7 Å². The molecule has 5 rings (SSSR count). The zero-order valence-corrected chi connectivity index (χ0v) is 28.5. The molecule has 0 aromatic heterocycles. The number of nitrogens with zero attached hydrogens (tertiary/aromatic N) is 1. The van der Waals surface area contributed by atoms with Gasteiger partial charge < -0.3 is 30.6 Å². The number of rotatable bonds is 13. The van der Waals surface area contributed by atoms with Crippen LogP contribution in [0.25, 0.3) is 0 Å². The van der Waals surface area contributed by atoms with Crippen LogP contribution in [0.1, 0.15) is 86.0 Å². The van der Waals surface area contributed by atoms with Gasteiger partial charge in [0.15, 0.2) is 0 Å². The number of hydrogen-bond acceptors (Lipinski definition) is 6. The number of hydrogen-bond donors (Lipinski definition) is 3. The summed E-state index contributed by atoms with van der Waals surface area (Å²) in [6.45, 7) is 18.6. The number of likely N-dealkylation sites (tertiary alicyclic amines) is 1. The fraction of sp³-hybridized carbons (Fsp3) is 0.903. The predicted octanol–water partition coefficient (Wildman–Crippen LogP) is 3.73. The van der Waals surface area contributed by atoms with Crippen molar-refractivity contribution in [1.82, 2.24) is 15.5 Å². The van der Waals surface area contributed by atoms with Crippen molar-refractivity contribution in [1.29, 1.82) is 0 Å². The van der Waals surface area contributed by atoms with E-state index >= 15 is 0 Å². The third-order valence-electron chi connectivity index (χ3n) is 10.5. The van der Waals surface area contributed by atoms with Crippen molar-refractivity contribution in [2.45, 2.75) is 141 Å². The van der Waals surface area contributed by atoms with Gasteiger partial charge in [-0.15, -0.1) is 0 Å². The monoisotopic (exact) mass is 604 g/mol. The molecule has 42 heavy (non-hydrogen) atoms. The van der Waals surface area contributed by atoms with Crippen LogP contribution in [0.2, 0.25) is 25.7 Å². The Hall–Kier alpha value is -1.43. The first-order valence-electron chi connectivity index (χ1n) is 16.5. The van der Waals surface area contributed by atoms with Crippen LogP contribution in [0.5, 0.6) is 0 Å². The Balaban J connectivity index is 1.46. The largest absolute Gasteiger partial charge is 0.481 e. The Bertz CT molecular complexity index is 1010. The minimum atomic E-state index is -1.69. The lowest BCUT2D eigenvalue weighted by Crippen LogP contribution is -2.65. The molecule has 238 valence electrons. The Labute approximate surface area is 255 Å². The van der Waals surface area contributed by atoms with Crippen LogP contribution in [-0.4, -0.2) is 80.6 Å². The molecule has 3 saturated carbocycles. The maximum absolute atomic E-state index is 13.9. The summed E-state index contributed by atoms with van der Waals surface area (Å²) in [5.41, 5.74) is 5.69. The van der Waals surface area contributed by atoms with Gasteiger partial charge in [-0.05, 0) is 81.2 Å². The number of carbonyl (C=O) groups excluding carboxylic acids is 3. The van der Waals surface area contributed by atoms with Crippen LogP contribution >= 0.6 is 0 Å². The minimum absolute atomic E-state index is 0.0366. The van der Waals surface area contributed by atoms with Crippen molar-refractivity contribution < 1.29 is 23.7 Å². The van der Waals surface area contributed by atoms with Crippen LogP contribution in [0.3, 0.4) is 0 Å². The number of nitrogens with one attached hydrogen (secondary N) is 2. The van der Waals surface area contributed by atoms with Crippen LogP contribution < -0.4 is 16.4 Å². The Kier molecular flexibility index (Phi) is 10.3. The van der Waals surface area contributed by atoms with Crippen molar-refractivity contribution in [3.8, 4) is 0 Å². The average molecular weight is 605 g/mol. The minimum Gasteiger partial charge on any atom is -0.404 e. The van der Waals surface area contributed by atoms with Gasteiger partial charge >= 0.3 is 7.12 Å². The molecule has 9 nitrogen and oxygen atoms in total.